The second-order valence-electron chi connectivity index (χ2n) is 5.45. The largest absolute Gasteiger partial charge is 0.362 e. The van der Waals surface area contributed by atoms with Crippen LogP contribution in [0.4, 0.5) is 11.5 Å². The number of hydrogen-bond acceptors (Lipinski definition) is 4. The van der Waals surface area contributed by atoms with Crippen molar-refractivity contribution in [2.45, 2.75) is 53.0 Å². The summed E-state index contributed by atoms with van der Waals surface area (Å²) in [5.74, 6) is 1.06. The van der Waals surface area contributed by atoms with E-state index in [2.05, 4.69) is 24.3 Å². The highest BCUT2D eigenvalue weighted by molar-refractivity contribution is 5.60. The zero-order valence-electron chi connectivity index (χ0n) is 12.4. The molecule has 6 heteroatoms. The minimum atomic E-state index is -0.331. The highest BCUT2D eigenvalue weighted by Crippen LogP contribution is 2.30. The van der Waals surface area contributed by atoms with Crippen LogP contribution in [0.15, 0.2) is 0 Å². The summed E-state index contributed by atoms with van der Waals surface area (Å²) in [5, 5.41) is 18.7. The molecule has 0 fully saturated rings. The molecule has 0 amide bonds. The lowest BCUT2D eigenvalue weighted by atomic mass is 10.1. The number of aryl methyl sites for hydroxylation is 2. The Labute approximate surface area is 114 Å². The molecule has 0 radical (unpaired) electrons. The smallest absolute Gasteiger partial charge is 0.333 e. The van der Waals surface area contributed by atoms with Crippen LogP contribution in [0.3, 0.4) is 0 Å². The Morgan fingerprint density at radius 3 is 2.53 bits per heavy atom. The summed E-state index contributed by atoms with van der Waals surface area (Å²) in [4.78, 5) is 10.9. The molecule has 0 saturated heterocycles. The number of nitrogens with zero attached hydrogens (tertiary/aromatic N) is 3. The molecule has 1 unspecified atom stereocenters. The van der Waals surface area contributed by atoms with E-state index in [9.17, 15) is 10.1 Å². The van der Waals surface area contributed by atoms with Gasteiger partial charge in [-0.2, -0.15) is 5.10 Å². The van der Waals surface area contributed by atoms with Gasteiger partial charge in [0.25, 0.3) is 0 Å². The third kappa shape index (κ3) is 3.94. The summed E-state index contributed by atoms with van der Waals surface area (Å²) in [5.41, 5.74) is 0.689. The number of nitrogens with one attached hydrogen (secondary N) is 1. The fourth-order valence-corrected chi connectivity index (χ4v) is 2.33. The lowest BCUT2D eigenvalue weighted by Crippen LogP contribution is -2.20. The van der Waals surface area contributed by atoms with Crippen LogP contribution in [0.2, 0.25) is 0 Å². The van der Waals surface area contributed by atoms with E-state index in [-0.39, 0.29) is 16.7 Å². The third-order valence-electron chi connectivity index (χ3n) is 2.97. The topological polar surface area (TPSA) is 73.0 Å². The van der Waals surface area contributed by atoms with E-state index >= 15 is 0 Å². The minimum absolute atomic E-state index is 0.125. The number of aromatic nitrogens is 2. The Balaban J connectivity index is 3.01. The van der Waals surface area contributed by atoms with Gasteiger partial charge in [0, 0.05) is 13.1 Å². The van der Waals surface area contributed by atoms with Crippen LogP contribution in [0.5, 0.6) is 0 Å². The van der Waals surface area contributed by atoms with Gasteiger partial charge in [-0.3, -0.25) is 10.1 Å². The maximum atomic E-state index is 11.2. The molecule has 1 N–H and O–H groups in total. The maximum Gasteiger partial charge on any atom is 0.333 e. The number of hydrogen-bond donors (Lipinski definition) is 1. The molecule has 1 rings (SSSR count). The van der Waals surface area contributed by atoms with Gasteiger partial charge in [0.15, 0.2) is 0 Å². The molecule has 0 aromatic carbocycles. The predicted molar refractivity (Wildman–Crippen MR) is 76.4 cm³/mol. The Morgan fingerprint density at radius 1 is 1.42 bits per heavy atom. The molecular weight excluding hydrogens is 244 g/mol. The molecule has 0 bridgehead atoms. The Kier molecular flexibility index (Phi) is 5.32. The molecule has 0 saturated carbocycles. The zero-order valence-corrected chi connectivity index (χ0v) is 12.4. The molecule has 0 aliphatic heterocycles. The first-order valence-electron chi connectivity index (χ1n) is 6.83. The lowest BCUT2D eigenvalue weighted by Gasteiger charge is -2.16. The molecular formula is C13H24N4O2. The van der Waals surface area contributed by atoms with Crippen molar-refractivity contribution in [2.75, 3.05) is 5.32 Å². The average molecular weight is 268 g/mol. The number of rotatable bonds is 7. The quantitative estimate of drug-likeness (QED) is 0.609. The Bertz CT molecular complexity index is 440. The minimum Gasteiger partial charge on any atom is -0.362 e. The molecule has 1 aromatic rings. The van der Waals surface area contributed by atoms with Gasteiger partial charge in [0.05, 0.1) is 4.92 Å². The fraction of sp³-hybridized carbons (Fsp3) is 0.769. The van der Waals surface area contributed by atoms with Crippen molar-refractivity contribution in [3.8, 4) is 0 Å². The van der Waals surface area contributed by atoms with E-state index in [1.807, 2.05) is 13.8 Å². The first-order valence-corrected chi connectivity index (χ1v) is 6.83. The summed E-state index contributed by atoms with van der Waals surface area (Å²) in [6, 6.07) is 0.184. The summed E-state index contributed by atoms with van der Waals surface area (Å²) in [6.07, 6.45) is 2.44. The monoisotopic (exact) mass is 268 g/mol. The second-order valence-corrected chi connectivity index (χ2v) is 5.45. The standard InChI is InChI=1S/C13H24N4O2/c1-6-7-11-12(17(18)19)13(16(5)15-11)14-10(4)8-9(2)3/h9-10,14H,6-8H2,1-5H3. The molecule has 0 spiro atoms. The van der Waals surface area contributed by atoms with E-state index in [1.54, 1.807) is 11.7 Å². The van der Waals surface area contributed by atoms with Crippen LogP contribution in [0.1, 0.15) is 46.2 Å². The van der Waals surface area contributed by atoms with E-state index in [1.165, 1.54) is 0 Å². The van der Waals surface area contributed by atoms with Gasteiger partial charge in [-0.1, -0.05) is 27.2 Å². The van der Waals surface area contributed by atoms with Gasteiger partial charge in [0.2, 0.25) is 5.82 Å². The van der Waals surface area contributed by atoms with Crippen molar-refractivity contribution in [1.29, 1.82) is 0 Å². The van der Waals surface area contributed by atoms with Crippen LogP contribution in [0.25, 0.3) is 0 Å². The second kappa shape index (κ2) is 6.54. The van der Waals surface area contributed by atoms with Crippen molar-refractivity contribution in [2.24, 2.45) is 13.0 Å². The third-order valence-corrected chi connectivity index (χ3v) is 2.97. The molecule has 19 heavy (non-hydrogen) atoms. The van der Waals surface area contributed by atoms with Crippen LogP contribution in [-0.4, -0.2) is 20.7 Å². The average Bonchev–Trinajstić information content (AvgIpc) is 2.54. The number of nitro groups is 1. The molecule has 0 aliphatic carbocycles. The Hall–Kier alpha value is -1.59. The molecule has 108 valence electrons. The van der Waals surface area contributed by atoms with Gasteiger partial charge in [-0.15, -0.1) is 0 Å². The Morgan fingerprint density at radius 2 is 2.05 bits per heavy atom. The van der Waals surface area contributed by atoms with Gasteiger partial charge < -0.3 is 5.32 Å². The molecule has 6 nitrogen and oxygen atoms in total. The molecule has 1 aromatic heterocycles. The van der Waals surface area contributed by atoms with Crippen molar-refractivity contribution in [3.05, 3.63) is 15.8 Å². The van der Waals surface area contributed by atoms with Crippen molar-refractivity contribution >= 4 is 11.5 Å². The first kappa shape index (κ1) is 15.5. The van der Waals surface area contributed by atoms with E-state index in [0.29, 0.717) is 23.9 Å². The zero-order chi connectivity index (χ0) is 14.6. The van der Waals surface area contributed by atoms with Gasteiger partial charge in [-0.05, 0) is 25.7 Å². The van der Waals surface area contributed by atoms with Crippen molar-refractivity contribution < 1.29 is 4.92 Å². The normalized spacial score (nSPS) is 12.7. The van der Waals surface area contributed by atoms with Crippen molar-refractivity contribution in [3.63, 3.8) is 0 Å². The maximum absolute atomic E-state index is 11.2. The molecule has 0 aliphatic rings. The highest BCUT2D eigenvalue weighted by atomic mass is 16.6. The highest BCUT2D eigenvalue weighted by Gasteiger charge is 2.26. The van der Waals surface area contributed by atoms with E-state index < -0.39 is 0 Å². The van der Waals surface area contributed by atoms with Crippen LogP contribution < -0.4 is 5.32 Å². The van der Waals surface area contributed by atoms with Gasteiger partial charge in [-0.25, -0.2) is 4.68 Å². The van der Waals surface area contributed by atoms with E-state index in [0.717, 1.165) is 12.8 Å². The van der Waals surface area contributed by atoms with Crippen molar-refractivity contribution in [1.82, 2.24) is 9.78 Å². The van der Waals surface area contributed by atoms with E-state index in [4.69, 9.17) is 0 Å². The lowest BCUT2D eigenvalue weighted by molar-refractivity contribution is -0.384. The predicted octanol–water partition coefficient (Wildman–Crippen LogP) is 3.13. The summed E-state index contributed by atoms with van der Waals surface area (Å²) in [7, 11) is 1.75. The van der Waals surface area contributed by atoms with Crippen LogP contribution in [0, 0.1) is 16.0 Å². The summed E-state index contributed by atoms with van der Waals surface area (Å²) < 4.78 is 1.58. The molecule has 1 atom stereocenters. The molecule has 1 heterocycles. The SMILES string of the molecule is CCCc1nn(C)c(NC(C)CC(C)C)c1[N+](=O)[O-]. The van der Waals surface area contributed by atoms with Crippen LogP contribution in [-0.2, 0) is 13.5 Å². The summed E-state index contributed by atoms with van der Waals surface area (Å²) >= 11 is 0. The fourth-order valence-electron chi connectivity index (χ4n) is 2.33. The number of anilines is 1. The van der Waals surface area contributed by atoms with Gasteiger partial charge >= 0.3 is 5.69 Å². The first-order chi connectivity index (χ1) is 8.86. The van der Waals surface area contributed by atoms with Crippen LogP contribution >= 0.6 is 0 Å². The summed E-state index contributed by atoms with van der Waals surface area (Å²) in [6.45, 7) is 8.31. The van der Waals surface area contributed by atoms with Gasteiger partial charge in [0.1, 0.15) is 5.69 Å².